The largest absolute Gasteiger partial charge is 0.463 e. The van der Waals surface area contributed by atoms with E-state index in [-0.39, 0.29) is 24.9 Å². The van der Waals surface area contributed by atoms with Gasteiger partial charge >= 0.3 is 5.97 Å². The summed E-state index contributed by atoms with van der Waals surface area (Å²) in [6.07, 6.45) is 0.0664. The van der Waals surface area contributed by atoms with E-state index in [0.717, 1.165) is 10.6 Å². The molecule has 1 N–H and O–H groups in total. The van der Waals surface area contributed by atoms with Crippen molar-refractivity contribution in [3.8, 4) is 0 Å². The summed E-state index contributed by atoms with van der Waals surface area (Å²) in [5, 5.41) is 2.36. The zero-order chi connectivity index (χ0) is 14.4. The summed E-state index contributed by atoms with van der Waals surface area (Å²) in [7, 11) is 0. The number of esters is 1. The molecule has 1 atom stereocenters. The van der Waals surface area contributed by atoms with Crippen molar-refractivity contribution < 1.29 is 19.1 Å². The number of carbonyl (C=O) groups is 2. The zero-order valence-corrected chi connectivity index (χ0v) is 12.1. The van der Waals surface area contributed by atoms with Crippen LogP contribution in [-0.2, 0) is 19.1 Å². The Morgan fingerprint density at radius 3 is 2.95 bits per heavy atom. The molecule has 1 aromatic carbocycles. The number of para-hydroxylation sites is 1. The Kier molecular flexibility index (Phi) is 5.43. The van der Waals surface area contributed by atoms with E-state index < -0.39 is 5.25 Å². The number of hydrogen-bond donors (Lipinski definition) is 1. The van der Waals surface area contributed by atoms with E-state index in [0.29, 0.717) is 13.2 Å². The monoisotopic (exact) mass is 295 g/mol. The van der Waals surface area contributed by atoms with Crippen LogP contribution in [0.1, 0.15) is 13.3 Å². The van der Waals surface area contributed by atoms with Gasteiger partial charge in [0.15, 0.2) is 0 Å². The molecular formula is C14H17NO4S. The van der Waals surface area contributed by atoms with Crippen molar-refractivity contribution in [2.24, 2.45) is 0 Å². The fourth-order valence-electron chi connectivity index (χ4n) is 1.80. The quantitative estimate of drug-likeness (QED) is 0.643. The van der Waals surface area contributed by atoms with Gasteiger partial charge in [0.1, 0.15) is 6.61 Å². The molecule has 6 heteroatoms. The summed E-state index contributed by atoms with van der Waals surface area (Å²) in [5.41, 5.74) is 0.795. The molecule has 108 valence electrons. The van der Waals surface area contributed by atoms with E-state index in [4.69, 9.17) is 9.47 Å². The zero-order valence-electron chi connectivity index (χ0n) is 11.3. The maximum atomic E-state index is 11.9. The van der Waals surface area contributed by atoms with Crippen molar-refractivity contribution in [1.29, 1.82) is 0 Å². The summed E-state index contributed by atoms with van der Waals surface area (Å²) in [6, 6.07) is 7.53. The number of anilines is 1. The average molecular weight is 295 g/mol. The lowest BCUT2D eigenvalue weighted by atomic mass is 10.2. The van der Waals surface area contributed by atoms with Gasteiger partial charge in [0, 0.05) is 11.5 Å². The Morgan fingerprint density at radius 1 is 1.35 bits per heavy atom. The van der Waals surface area contributed by atoms with Crippen molar-refractivity contribution in [2.75, 3.05) is 25.1 Å². The molecule has 0 aliphatic carbocycles. The first-order chi connectivity index (χ1) is 9.70. The highest BCUT2D eigenvalue weighted by atomic mass is 32.2. The SMILES string of the molecule is CCOCCOC(=O)C[C@@H]1Sc2ccccc2NC1=O. The van der Waals surface area contributed by atoms with Crippen LogP contribution in [-0.4, -0.2) is 36.9 Å². The van der Waals surface area contributed by atoms with Crippen molar-refractivity contribution in [2.45, 2.75) is 23.5 Å². The number of amides is 1. The van der Waals surface area contributed by atoms with Gasteiger partial charge in [-0.05, 0) is 19.1 Å². The molecule has 0 spiro atoms. The molecule has 1 aliphatic heterocycles. The van der Waals surface area contributed by atoms with E-state index in [2.05, 4.69) is 5.32 Å². The molecule has 5 nitrogen and oxygen atoms in total. The van der Waals surface area contributed by atoms with Crippen LogP contribution in [0.25, 0.3) is 0 Å². The predicted molar refractivity (Wildman–Crippen MR) is 76.8 cm³/mol. The van der Waals surface area contributed by atoms with Crippen molar-refractivity contribution in [1.82, 2.24) is 0 Å². The lowest BCUT2D eigenvalue weighted by molar-refractivity contribution is -0.145. The minimum absolute atomic E-state index is 0.0664. The Hall–Kier alpha value is -1.53. The smallest absolute Gasteiger partial charge is 0.307 e. The third-order valence-corrected chi connectivity index (χ3v) is 4.03. The van der Waals surface area contributed by atoms with Gasteiger partial charge in [0.25, 0.3) is 0 Å². The number of rotatable bonds is 6. The van der Waals surface area contributed by atoms with E-state index in [9.17, 15) is 9.59 Å². The van der Waals surface area contributed by atoms with Gasteiger partial charge in [-0.1, -0.05) is 12.1 Å². The maximum absolute atomic E-state index is 11.9. The van der Waals surface area contributed by atoms with Crippen LogP contribution in [0.4, 0.5) is 5.69 Å². The first-order valence-corrected chi connectivity index (χ1v) is 7.38. The molecule has 0 saturated carbocycles. The van der Waals surface area contributed by atoms with Gasteiger partial charge in [0.05, 0.1) is 24.0 Å². The van der Waals surface area contributed by atoms with E-state index in [1.54, 1.807) is 0 Å². The number of thioether (sulfide) groups is 1. The number of nitrogens with one attached hydrogen (secondary N) is 1. The van der Waals surface area contributed by atoms with Gasteiger partial charge in [-0.2, -0.15) is 0 Å². The highest BCUT2D eigenvalue weighted by Crippen LogP contribution is 2.36. The van der Waals surface area contributed by atoms with Crippen LogP contribution in [0.3, 0.4) is 0 Å². The molecule has 0 fully saturated rings. The third-order valence-electron chi connectivity index (χ3n) is 2.75. The molecule has 1 aromatic rings. The van der Waals surface area contributed by atoms with Crippen LogP contribution in [0.5, 0.6) is 0 Å². The van der Waals surface area contributed by atoms with E-state index >= 15 is 0 Å². The minimum Gasteiger partial charge on any atom is -0.463 e. The first-order valence-electron chi connectivity index (χ1n) is 6.50. The van der Waals surface area contributed by atoms with Crippen LogP contribution < -0.4 is 5.32 Å². The Balaban J connectivity index is 1.84. The fraction of sp³-hybridized carbons (Fsp3) is 0.429. The minimum atomic E-state index is -0.440. The molecule has 0 aromatic heterocycles. The maximum Gasteiger partial charge on any atom is 0.307 e. The summed E-state index contributed by atoms with van der Waals surface area (Å²) < 4.78 is 10.1. The number of carbonyl (C=O) groups excluding carboxylic acids is 2. The Morgan fingerprint density at radius 2 is 2.15 bits per heavy atom. The van der Waals surface area contributed by atoms with Crippen molar-refractivity contribution >= 4 is 29.3 Å². The number of fused-ring (bicyclic) bond motifs is 1. The van der Waals surface area contributed by atoms with Crippen molar-refractivity contribution in [3.63, 3.8) is 0 Å². The molecule has 0 bridgehead atoms. The Labute approximate surface area is 122 Å². The van der Waals surface area contributed by atoms with Crippen LogP contribution >= 0.6 is 11.8 Å². The molecule has 1 aliphatic rings. The summed E-state index contributed by atoms with van der Waals surface area (Å²) in [4.78, 5) is 24.5. The van der Waals surface area contributed by atoms with Crippen LogP contribution in [0, 0.1) is 0 Å². The number of benzene rings is 1. The first kappa shape index (κ1) is 14.9. The summed E-state index contributed by atoms with van der Waals surface area (Å²) in [5.74, 6) is -0.535. The standard InChI is InChI=1S/C14H17NO4S/c1-2-18-7-8-19-13(16)9-12-14(17)15-10-5-3-4-6-11(10)20-12/h3-6,12H,2,7-9H2,1H3,(H,15,17)/t12-/m0/s1. The lowest BCUT2D eigenvalue weighted by Crippen LogP contribution is -2.31. The van der Waals surface area contributed by atoms with Crippen LogP contribution in [0.2, 0.25) is 0 Å². The summed E-state index contributed by atoms with van der Waals surface area (Å²) in [6.45, 7) is 3.08. The molecule has 2 rings (SSSR count). The lowest BCUT2D eigenvalue weighted by Gasteiger charge is -2.23. The van der Waals surface area contributed by atoms with E-state index in [1.165, 1.54) is 11.8 Å². The number of hydrogen-bond acceptors (Lipinski definition) is 5. The van der Waals surface area contributed by atoms with Gasteiger partial charge in [0.2, 0.25) is 5.91 Å². The van der Waals surface area contributed by atoms with Gasteiger partial charge in [-0.3, -0.25) is 9.59 Å². The fourth-order valence-corrected chi connectivity index (χ4v) is 2.89. The second kappa shape index (κ2) is 7.31. The highest BCUT2D eigenvalue weighted by Gasteiger charge is 2.29. The molecular weight excluding hydrogens is 278 g/mol. The second-order valence-electron chi connectivity index (χ2n) is 4.21. The molecule has 1 heterocycles. The van der Waals surface area contributed by atoms with Crippen molar-refractivity contribution in [3.05, 3.63) is 24.3 Å². The molecule has 0 saturated heterocycles. The topological polar surface area (TPSA) is 64.6 Å². The second-order valence-corrected chi connectivity index (χ2v) is 5.46. The number of ether oxygens (including phenoxy) is 2. The summed E-state index contributed by atoms with van der Waals surface area (Å²) >= 11 is 1.39. The average Bonchev–Trinajstić information content (AvgIpc) is 2.44. The highest BCUT2D eigenvalue weighted by molar-refractivity contribution is 8.01. The van der Waals surface area contributed by atoms with Gasteiger partial charge in [-0.25, -0.2) is 0 Å². The van der Waals surface area contributed by atoms with Crippen LogP contribution in [0.15, 0.2) is 29.2 Å². The normalized spacial score (nSPS) is 17.2. The molecule has 1 amide bonds. The molecule has 0 radical (unpaired) electrons. The van der Waals surface area contributed by atoms with Gasteiger partial charge in [-0.15, -0.1) is 11.8 Å². The molecule has 20 heavy (non-hydrogen) atoms. The molecule has 0 unspecified atom stereocenters. The Bertz CT molecular complexity index is 492. The van der Waals surface area contributed by atoms with Gasteiger partial charge < -0.3 is 14.8 Å². The predicted octanol–water partition coefficient (Wildman–Crippen LogP) is 2.07. The third kappa shape index (κ3) is 3.98. The van der Waals surface area contributed by atoms with E-state index in [1.807, 2.05) is 31.2 Å².